The zero-order chi connectivity index (χ0) is 13.8. The van der Waals surface area contributed by atoms with Crippen LogP contribution in [-0.2, 0) is 0 Å². The summed E-state index contributed by atoms with van der Waals surface area (Å²) in [7, 11) is 0. The summed E-state index contributed by atoms with van der Waals surface area (Å²) in [5, 5.41) is 0.862. The third-order valence-corrected chi connectivity index (χ3v) is 4.32. The van der Waals surface area contributed by atoms with Gasteiger partial charge < -0.3 is 4.74 Å². The molecule has 0 N–H and O–H groups in total. The molecule has 0 amide bonds. The minimum atomic E-state index is 0.153. The lowest BCUT2D eigenvalue weighted by molar-refractivity contribution is 0.109. The maximum Gasteiger partial charge on any atom is 0.153 e. The SMILES string of the molecule is CCC1CCC(Oc2c(Cl)cc(Cl)cc2C=O)CC1. The molecule has 0 radical (unpaired) electrons. The number of aldehydes is 1. The van der Waals surface area contributed by atoms with E-state index in [0.29, 0.717) is 21.4 Å². The van der Waals surface area contributed by atoms with Crippen molar-refractivity contribution in [3.05, 3.63) is 27.7 Å². The molecule has 4 heteroatoms. The molecule has 2 rings (SSSR count). The summed E-state index contributed by atoms with van der Waals surface area (Å²) in [6.07, 6.45) is 6.54. The van der Waals surface area contributed by atoms with Crippen LogP contribution in [0.1, 0.15) is 49.4 Å². The lowest BCUT2D eigenvalue weighted by Gasteiger charge is -2.29. The van der Waals surface area contributed by atoms with Gasteiger partial charge in [-0.25, -0.2) is 0 Å². The van der Waals surface area contributed by atoms with Gasteiger partial charge in [0.1, 0.15) is 5.75 Å². The van der Waals surface area contributed by atoms with Crippen LogP contribution in [0.5, 0.6) is 5.75 Å². The first-order valence-corrected chi connectivity index (χ1v) is 7.50. The molecule has 0 unspecified atom stereocenters. The third-order valence-electron chi connectivity index (χ3n) is 3.82. The highest BCUT2D eigenvalue weighted by Gasteiger charge is 2.23. The Morgan fingerprint density at radius 3 is 2.53 bits per heavy atom. The van der Waals surface area contributed by atoms with Crippen LogP contribution in [0.4, 0.5) is 0 Å². The summed E-state index contributed by atoms with van der Waals surface area (Å²) >= 11 is 12.0. The van der Waals surface area contributed by atoms with Crippen LogP contribution in [0.15, 0.2) is 12.1 Å². The zero-order valence-electron chi connectivity index (χ0n) is 11.0. The van der Waals surface area contributed by atoms with Crippen LogP contribution < -0.4 is 4.74 Å². The topological polar surface area (TPSA) is 26.3 Å². The number of rotatable bonds is 4. The summed E-state index contributed by atoms with van der Waals surface area (Å²) in [4.78, 5) is 11.1. The van der Waals surface area contributed by atoms with Crippen LogP contribution in [-0.4, -0.2) is 12.4 Å². The quantitative estimate of drug-likeness (QED) is 0.719. The summed E-state index contributed by atoms with van der Waals surface area (Å²) in [6.45, 7) is 2.23. The minimum Gasteiger partial charge on any atom is -0.488 e. The smallest absolute Gasteiger partial charge is 0.153 e. The van der Waals surface area contributed by atoms with Gasteiger partial charge in [0.2, 0.25) is 0 Å². The van der Waals surface area contributed by atoms with Gasteiger partial charge in [0.05, 0.1) is 16.7 Å². The summed E-state index contributed by atoms with van der Waals surface area (Å²) in [6, 6.07) is 3.20. The number of halogens is 2. The van der Waals surface area contributed by atoms with Crippen LogP contribution in [0, 0.1) is 5.92 Å². The average Bonchev–Trinajstić information content (AvgIpc) is 2.42. The van der Waals surface area contributed by atoms with E-state index in [-0.39, 0.29) is 6.10 Å². The van der Waals surface area contributed by atoms with E-state index in [0.717, 1.165) is 25.0 Å². The highest BCUT2D eigenvalue weighted by molar-refractivity contribution is 6.36. The van der Waals surface area contributed by atoms with E-state index in [1.165, 1.54) is 19.3 Å². The Morgan fingerprint density at radius 1 is 1.26 bits per heavy atom. The molecule has 0 aliphatic heterocycles. The average molecular weight is 301 g/mol. The standard InChI is InChI=1S/C15H18Cl2O2/c1-2-10-3-5-13(6-4-10)19-15-11(9-18)7-12(16)8-14(15)17/h7-10,13H,2-6H2,1H3. The van der Waals surface area contributed by atoms with Gasteiger partial charge >= 0.3 is 0 Å². The van der Waals surface area contributed by atoms with Crippen LogP contribution in [0.2, 0.25) is 10.0 Å². The first-order valence-electron chi connectivity index (χ1n) is 6.75. The maximum atomic E-state index is 11.1. The van der Waals surface area contributed by atoms with Crippen molar-refractivity contribution < 1.29 is 9.53 Å². The molecule has 0 spiro atoms. The first-order chi connectivity index (χ1) is 9.13. The molecule has 0 bridgehead atoms. The molecular weight excluding hydrogens is 283 g/mol. The van der Waals surface area contributed by atoms with Gasteiger partial charge in [-0.2, -0.15) is 0 Å². The molecule has 0 saturated heterocycles. The highest BCUT2D eigenvalue weighted by Crippen LogP contribution is 2.35. The van der Waals surface area contributed by atoms with Crippen molar-refractivity contribution in [1.82, 2.24) is 0 Å². The van der Waals surface area contributed by atoms with Gasteiger partial charge in [-0.1, -0.05) is 36.5 Å². The molecule has 1 aliphatic rings. The second kappa shape index (κ2) is 6.62. The Bertz CT molecular complexity index is 452. The molecular formula is C15H18Cl2O2. The second-order valence-corrected chi connectivity index (χ2v) is 5.94. The fourth-order valence-electron chi connectivity index (χ4n) is 2.62. The van der Waals surface area contributed by atoms with Crippen molar-refractivity contribution in [3.8, 4) is 5.75 Å². The Hall–Kier alpha value is -0.730. The van der Waals surface area contributed by atoms with Gasteiger partial charge in [-0.05, 0) is 43.7 Å². The van der Waals surface area contributed by atoms with Gasteiger partial charge in [0.15, 0.2) is 6.29 Å². The Kier molecular flexibility index (Phi) is 5.12. The molecule has 1 aromatic carbocycles. The number of benzene rings is 1. The third kappa shape index (κ3) is 3.64. The highest BCUT2D eigenvalue weighted by atomic mass is 35.5. The summed E-state index contributed by atoms with van der Waals surface area (Å²) in [5.74, 6) is 1.28. The molecule has 1 saturated carbocycles. The molecule has 0 atom stereocenters. The van der Waals surface area contributed by atoms with Crippen LogP contribution >= 0.6 is 23.2 Å². The predicted molar refractivity (Wildman–Crippen MR) is 78.5 cm³/mol. The fraction of sp³-hybridized carbons (Fsp3) is 0.533. The van der Waals surface area contributed by atoms with Crippen molar-refractivity contribution in [2.45, 2.75) is 45.1 Å². The Labute approximate surface area is 124 Å². The van der Waals surface area contributed by atoms with E-state index in [4.69, 9.17) is 27.9 Å². The van der Waals surface area contributed by atoms with E-state index in [2.05, 4.69) is 6.92 Å². The molecule has 1 aromatic rings. The van der Waals surface area contributed by atoms with Gasteiger partial charge in [-0.3, -0.25) is 4.79 Å². The van der Waals surface area contributed by atoms with Gasteiger partial charge in [-0.15, -0.1) is 0 Å². The minimum absolute atomic E-state index is 0.153. The van der Waals surface area contributed by atoms with Gasteiger partial charge in [0, 0.05) is 5.02 Å². The number of carbonyl (C=O) groups excluding carboxylic acids is 1. The fourth-order valence-corrected chi connectivity index (χ4v) is 3.17. The predicted octanol–water partition coefficient (Wildman–Crippen LogP) is 5.15. The molecule has 2 nitrogen and oxygen atoms in total. The van der Waals surface area contributed by atoms with Crippen molar-refractivity contribution in [2.75, 3.05) is 0 Å². The number of ether oxygens (including phenoxy) is 1. The number of hydrogen-bond acceptors (Lipinski definition) is 2. The lowest BCUT2D eigenvalue weighted by atomic mass is 9.86. The molecule has 104 valence electrons. The van der Waals surface area contributed by atoms with E-state index in [1.54, 1.807) is 12.1 Å². The van der Waals surface area contributed by atoms with E-state index in [1.807, 2.05) is 0 Å². The van der Waals surface area contributed by atoms with E-state index in [9.17, 15) is 4.79 Å². The van der Waals surface area contributed by atoms with Crippen molar-refractivity contribution in [2.24, 2.45) is 5.92 Å². The monoisotopic (exact) mass is 300 g/mol. The second-order valence-electron chi connectivity index (χ2n) is 5.09. The first kappa shape index (κ1) is 14.7. The molecule has 19 heavy (non-hydrogen) atoms. The van der Waals surface area contributed by atoms with Crippen molar-refractivity contribution in [1.29, 1.82) is 0 Å². The van der Waals surface area contributed by atoms with Crippen molar-refractivity contribution >= 4 is 29.5 Å². The largest absolute Gasteiger partial charge is 0.488 e. The molecule has 1 fully saturated rings. The summed E-state index contributed by atoms with van der Waals surface area (Å²) < 4.78 is 5.93. The lowest BCUT2D eigenvalue weighted by Crippen LogP contribution is -2.24. The number of hydrogen-bond donors (Lipinski definition) is 0. The molecule has 0 heterocycles. The molecule has 1 aliphatic carbocycles. The Morgan fingerprint density at radius 2 is 1.95 bits per heavy atom. The van der Waals surface area contributed by atoms with E-state index < -0.39 is 0 Å². The van der Waals surface area contributed by atoms with E-state index >= 15 is 0 Å². The normalized spacial score (nSPS) is 23.1. The maximum absolute atomic E-state index is 11.1. The number of carbonyl (C=O) groups is 1. The Balaban J connectivity index is 2.09. The van der Waals surface area contributed by atoms with Crippen molar-refractivity contribution in [3.63, 3.8) is 0 Å². The van der Waals surface area contributed by atoms with Gasteiger partial charge in [0.25, 0.3) is 0 Å². The van der Waals surface area contributed by atoms with Crippen LogP contribution in [0.3, 0.4) is 0 Å². The molecule has 0 aromatic heterocycles. The van der Waals surface area contributed by atoms with Crippen LogP contribution in [0.25, 0.3) is 0 Å². The zero-order valence-corrected chi connectivity index (χ0v) is 12.5. The summed E-state index contributed by atoms with van der Waals surface area (Å²) in [5.41, 5.74) is 0.426.